The summed E-state index contributed by atoms with van der Waals surface area (Å²) in [6, 6.07) is 3.49. The Hall–Kier alpha value is -0.540. The second kappa shape index (κ2) is 4.11. The summed E-state index contributed by atoms with van der Waals surface area (Å²) in [5.41, 5.74) is 2.69. The summed E-state index contributed by atoms with van der Waals surface area (Å²) >= 11 is 3.17. The summed E-state index contributed by atoms with van der Waals surface area (Å²) in [4.78, 5) is 0. The Morgan fingerprint density at radius 2 is 1.85 bits per heavy atom. The van der Waals surface area contributed by atoms with Gasteiger partial charge in [-0.2, -0.15) is 0 Å². The van der Waals surface area contributed by atoms with Crippen LogP contribution in [-0.4, -0.2) is 15.5 Å². The molecule has 0 aromatic heterocycles. The average molecular weight is 245 g/mol. The summed E-state index contributed by atoms with van der Waals surface area (Å²) in [6.07, 6.45) is -0.640. The topological polar surface area (TPSA) is 40.5 Å². The maximum Gasteiger partial charge on any atom is 0.121 e. The molecular weight excluding hydrogens is 232 g/mol. The van der Waals surface area contributed by atoms with Crippen LogP contribution in [0.3, 0.4) is 0 Å². The zero-order valence-corrected chi connectivity index (χ0v) is 9.30. The summed E-state index contributed by atoms with van der Waals surface area (Å²) < 4.78 is 0. The van der Waals surface area contributed by atoms with Gasteiger partial charge < -0.3 is 10.2 Å². The third-order valence-electron chi connectivity index (χ3n) is 2.15. The van der Waals surface area contributed by atoms with Crippen LogP contribution in [0.2, 0.25) is 0 Å². The van der Waals surface area contributed by atoms with Gasteiger partial charge in [0.2, 0.25) is 0 Å². The van der Waals surface area contributed by atoms with Gasteiger partial charge in [-0.05, 0) is 37.1 Å². The molecular formula is C10H13BrO2. The van der Waals surface area contributed by atoms with Gasteiger partial charge in [0.05, 0.1) is 6.10 Å². The maximum absolute atomic E-state index is 9.54. The van der Waals surface area contributed by atoms with Gasteiger partial charge in [0.15, 0.2) is 0 Å². The van der Waals surface area contributed by atoms with Gasteiger partial charge in [-0.15, -0.1) is 0 Å². The number of aliphatic hydroxyl groups excluding tert-OH is 1. The Kier molecular flexibility index (Phi) is 3.33. The van der Waals surface area contributed by atoms with Crippen LogP contribution < -0.4 is 0 Å². The van der Waals surface area contributed by atoms with E-state index in [0.717, 1.165) is 11.1 Å². The summed E-state index contributed by atoms with van der Waals surface area (Å²) in [5.74, 6) is 0.162. The number of aryl methyl sites for hydroxylation is 2. The lowest BCUT2D eigenvalue weighted by molar-refractivity contribution is 0.201. The number of hydrogen-bond acceptors (Lipinski definition) is 2. The number of benzene rings is 1. The van der Waals surface area contributed by atoms with Crippen molar-refractivity contribution in [1.82, 2.24) is 0 Å². The normalized spacial score (nSPS) is 12.9. The Morgan fingerprint density at radius 3 is 2.38 bits per heavy atom. The molecule has 1 rings (SSSR count). The highest BCUT2D eigenvalue weighted by Crippen LogP contribution is 2.28. The largest absolute Gasteiger partial charge is 0.508 e. The van der Waals surface area contributed by atoms with E-state index in [9.17, 15) is 10.2 Å². The van der Waals surface area contributed by atoms with E-state index in [0.29, 0.717) is 10.9 Å². The fraction of sp³-hybridized carbons (Fsp3) is 0.400. The SMILES string of the molecule is Cc1cc(O)c(C(O)CBr)cc1C. The standard InChI is InChI=1S/C10H13BrO2/c1-6-3-8(10(13)5-11)9(12)4-7(6)2/h3-4,10,12-13H,5H2,1-2H3. The number of phenols is 1. The van der Waals surface area contributed by atoms with Crippen LogP contribution in [-0.2, 0) is 0 Å². The predicted octanol–water partition coefficient (Wildman–Crippen LogP) is 2.44. The number of phenolic OH excluding ortho intramolecular Hbond substituents is 1. The third kappa shape index (κ3) is 2.23. The lowest BCUT2D eigenvalue weighted by atomic mass is 10.0. The molecule has 0 saturated carbocycles. The van der Waals surface area contributed by atoms with Crippen LogP contribution in [0, 0.1) is 13.8 Å². The van der Waals surface area contributed by atoms with Crippen molar-refractivity contribution in [1.29, 1.82) is 0 Å². The van der Waals surface area contributed by atoms with Crippen molar-refractivity contribution < 1.29 is 10.2 Å². The van der Waals surface area contributed by atoms with Crippen LogP contribution in [0.5, 0.6) is 5.75 Å². The number of aliphatic hydroxyl groups is 1. The van der Waals surface area contributed by atoms with Crippen LogP contribution in [0.1, 0.15) is 22.8 Å². The smallest absolute Gasteiger partial charge is 0.121 e. The van der Waals surface area contributed by atoms with Gasteiger partial charge >= 0.3 is 0 Å². The lowest BCUT2D eigenvalue weighted by Gasteiger charge is -2.12. The predicted molar refractivity (Wildman–Crippen MR) is 56.3 cm³/mol. The highest BCUT2D eigenvalue weighted by atomic mass is 79.9. The minimum Gasteiger partial charge on any atom is -0.508 e. The molecule has 0 saturated heterocycles. The van der Waals surface area contributed by atoms with Crippen LogP contribution in [0.15, 0.2) is 12.1 Å². The average Bonchev–Trinajstić information content (AvgIpc) is 2.10. The third-order valence-corrected chi connectivity index (χ3v) is 2.76. The minimum atomic E-state index is -0.640. The lowest BCUT2D eigenvalue weighted by Crippen LogP contribution is -1.99. The first-order valence-corrected chi connectivity index (χ1v) is 5.22. The maximum atomic E-state index is 9.54. The van der Waals surface area contributed by atoms with Gasteiger partial charge in [-0.3, -0.25) is 0 Å². The van der Waals surface area contributed by atoms with Gasteiger partial charge in [0, 0.05) is 10.9 Å². The van der Waals surface area contributed by atoms with E-state index in [2.05, 4.69) is 15.9 Å². The number of hydrogen-bond donors (Lipinski definition) is 2. The molecule has 0 aliphatic heterocycles. The first kappa shape index (κ1) is 10.5. The molecule has 2 N–H and O–H groups in total. The molecule has 0 bridgehead atoms. The molecule has 0 fully saturated rings. The van der Waals surface area contributed by atoms with Gasteiger partial charge in [-0.1, -0.05) is 15.9 Å². The number of aromatic hydroxyl groups is 1. The molecule has 0 amide bonds. The Morgan fingerprint density at radius 1 is 1.31 bits per heavy atom. The number of alkyl halides is 1. The van der Waals surface area contributed by atoms with E-state index < -0.39 is 6.10 Å². The van der Waals surface area contributed by atoms with Gasteiger partial charge in [0.1, 0.15) is 5.75 Å². The highest BCUT2D eigenvalue weighted by Gasteiger charge is 2.11. The van der Waals surface area contributed by atoms with Crippen molar-refractivity contribution in [2.75, 3.05) is 5.33 Å². The zero-order valence-electron chi connectivity index (χ0n) is 7.71. The van der Waals surface area contributed by atoms with E-state index in [1.54, 1.807) is 6.07 Å². The molecule has 72 valence electrons. The molecule has 0 heterocycles. The van der Waals surface area contributed by atoms with E-state index in [1.165, 1.54) is 0 Å². The number of halogens is 1. The molecule has 1 aromatic rings. The molecule has 3 heteroatoms. The van der Waals surface area contributed by atoms with E-state index in [1.807, 2.05) is 19.9 Å². The van der Waals surface area contributed by atoms with Crippen molar-refractivity contribution in [3.8, 4) is 5.75 Å². The summed E-state index contributed by atoms with van der Waals surface area (Å²) in [6.45, 7) is 3.89. The first-order chi connectivity index (χ1) is 6.06. The molecule has 13 heavy (non-hydrogen) atoms. The first-order valence-electron chi connectivity index (χ1n) is 4.10. The van der Waals surface area contributed by atoms with Crippen molar-refractivity contribution >= 4 is 15.9 Å². The quantitative estimate of drug-likeness (QED) is 0.785. The summed E-state index contributed by atoms with van der Waals surface area (Å²) in [5, 5.41) is 19.5. The van der Waals surface area contributed by atoms with Crippen molar-refractivity contribution in [3.05, 3.63) is 28.8 Å². The Balaban J connectivity index is 3.15. The number of rotatable bonds is 2. The van der Waals surface area contributed by atoms with Gasteiger partial charge in [0.25, 0.3) is 0 Å². The molecule has 1 atom stereocenters. The molecule has 0 radical (unpaired) electrons. The molecule has 0 aliphatic rings. The molecule has 2 nitrogen and oxygen atoms in total. The molecule has 0 aliphatic carbocycles. The van der Waals surface area contributed by atoms with Gasteiger partial charge in [-0.25, -0.2) is 0 Å². The second-order valence-electron chi connectivity index (χ2n) is 3.17. The van der Waals surface area contributed by atoms with E-state index in [4.69, 9.17) is 0 Å². The van der Waals surface area contributed by atoms with Crippen LogP contribution >= 0.6 is 15.9 Å². The van der Waals surface area contributed by atoms with Crippen molar-refractivity contribution in [2.24, 2.45) is 0 Å². The van der Waals surface area contributed by atoms with E-state index >= 15 is 0 Å². The monoisotopic (exact) mass is 244 g/mol. The molecule has 0 spiro atoms. The Labute approximate surface area is 86.3 Å². The molecule has 1 unspecified atom stereocenters. The van der Waals surface area contributed by atoms with E-state index in [-0.39, 0.29) is 5.75 Å². The summed E-state index contributed by atoms with van der Waals surface area (Å²) in [7, 11) is 0. The minimum absolute atomic E-state index is 0.162. The highest BCUT2D eigenvalue weighted by molar-refractivity contribution is 9.09. The van der Waals surface area contributed by atoms with Crippen molar-refractivity contribution in [3.63, 3.8) is 0 Å². The zero-order chi connectivity index (χ0) is 10.0. The van der Waals surface area contributed by atoms with Crippen LogP contribution in [0.25, 0.3) is 0 Å². The second-order valence-corrected chi connectivity index (χ2v) is 3.81. The van der Waals surface area contributed by atoms with Crippen molar-refractivity contribution in [2.45, 2.75) is 20.0 Å². The fourth-order valence-electron chi connectivity index (χ4n) is 1.17. The van der Waals surface area contributed by atoms with Crippen LogP contribution in [0.4, 0.5) is 0 Å². The Bertz CT molecular complexity index is 310. The fourth-order valence-corrected chi connectivity index (χ4v) is 1.52. The molecule has 1 aromatic carbocycles.